The lowest BCUT2D eigenvalue weighted by Crippen LogP contribution is -2.38. The van der Waals surface area contributed by atoms with Crippen molar-refractivity contribution >= 4 is 5.91 Å². The van der Waals surface area contributed by atoms with Crippen molar-refractivity contribution in [2.45, 2.75) is 38.1 Å². The second-order valence-electron chi connectivity index (χ2n) is 6.18. The molecule has 1 amide bonds. The van der Waals surface area contributed by atoms with Crippen LogP contribution in [-0.4, -0.2) is 42.2 Å². The molecule has 1 fully saturated rings. The second-order valence-corrected chi connectivity index (χ2v) is 6.18. The molecular weight excluding hydrogens is 266 g/mol. The molecule has 3 rings (SSSR count). The maximum atomic E-state index is 12.4. The highest BCUT2D eigenvalue weighted by atomic mass is 16.5. The van der Waals surface area contributed by atoms with Crippen LogP contribution in [0.3, 0.4) is 0 Å². The number of nitrogens with zero attached hydrogens (tertiary/aromatic N) is 1. The molecule has 0 bridgehead atoms. The van der Waals surface area contributed by atoms with Crippen molar-refractivity contribution in [3.63, 3.8) is 0 Å². The lowest BCUT2D eigenvalue weighted by molar-refractivity contribution is -0.133. The molecule has 1 unspecified atom stereocenters. The summed E-state index contributed by atoms with van der Waals surface area (Å²) < 4.78 is 5.26. The summed E-state index contributed by atoms with van der Waals surface area (Å²) in [5.74, 6) is 1.48. The molecule has 21 heavy (non-hydrogen) atoms. The van der Waals surface area contributed by atoms with E-state index in [0.717, 1.165) is 38.0 Å². The van der Waals surface area contributed by atoms with Gasteiger partial charge in [0.15, 0.2) is 0 Å². The third-order valence-corrected chi connectivity index (χ3v) is 4.80. The molecule has 1 aromatic rings. The van der Waals surface area contributed by atoms with Crippen LogP contribution in [-0.2, 0) is 17.6 Å². The Balaban J connectivity index is 1.61. The minimum atomic E-state index is 0.0429. The van der Waals surface area contributed by atoms with Crippen LogP contribution in [0.25, 0.3) is 0 Å². The zero-order valence-electron chi connectivity index (χ0n) is 12.5. The normalized spacial score (nSPS) is 24.2. The summed E-state index contributed by atoms with van der Waals surface area (Å²) in [4.78, 5) is 14.3. The Labute approximate surface area is 125 Å². The molecule has 2 aliphatic rings. The zero-order chi connectivity index (χ0) is 14.8. The molecule has 0 radical (unpaired) electrons. The molecule has 2 atom stereocenters. The van der Waals surface area contributed by atoms with Gasteiger partial charge in [-0.2, -0.15) is 0 Å². The SMILES string of the molecule is COc1ccc2c(c1)CC(CC(=O)N1CCC[C@H]1CO)C2. The van der Waals surface area contributed by atoms with Crippen LogP contribution < -0.4 is 4.74 Å². The third kappa shape index (κ3) is 2.91. The van der Waals surface area contributed by atoms with E-state index in [1.54, 1.807) is 7.11 Å². The molecule has 4 nitrogen and oxygen atoms in total. The van der Waals surface area contributed by atoms with Gasteiger partial charge in [-0.25, -0.2) is 0 Å². The number of rotatable bonds is 4. The van der Waals surface area contributed by atoms with Gasteiger partial charge >= 0.3 is 0 Å². The van der Waals surface area contributed by atoms with Gasteiger partial charge in [-0.15, -0.1) is 0 Å². The quantitative estimate of drug-likeness (QED) is 0.919. The van der Waals surface area contributed by atoms with E-state index in [2.05, 4.69) is 12.1 Å². The summed E-state index contributed by atoms with van der Waals surface area (Å²) in [7, 11) is 1.68. The van der Waals surface area contributed by atoms with E-state index in [1.807, 2.05) is 11.0 Å². The predicted molar refractivity (Wildman–Crippen MR) is 80.3 cm³/mol. The van der Waals surface area contributed by atoms with Gasteiger partial charge in [0.25, 0.3) is 0 Å². The van der Waals surface area contributed by atoms with E-state index in [9.17, 15) is 9.90 Å². The third-order valence-electron chi connectivity index (χ3n) is 4.80. The number of amides is 1. The van der Waals surface area contributed by atoms with Crippen molar-refractivity contribution in [2.75, 3.05) is 20.3 Å². The first-order valence-corrected chi connectivity index (χ1v) is 7.77. The first-order chi connectivity index (χ1) is 10.2. The van der Waals surface area contributed by atoms with Gasteiger partial charge in [-0.3, -0.25) is 4.79 Å². The molecule has 1 N–H and O–H groups in total. The number of likely N-dealkylation sites (tertiary alicyclic amines) is 1. The molecule has 1 aliphatic heterocycles. The lowest BCUT2D eigenvalue weighted by atomic mass is 10.0. The second kappa shape index (κ2) is 6.06. The standard InChI is InChI=1S/C17H23NO3/c1-21-16-5-4-13-7-12(8-14(13)10-16)9-17(20)18-6-2-3-15(18)11-19/h4-5,10,12,15,19H,2-3,6-9,11H2,1H3/t12?,15-/m0/s1. The van der Waals surface area contributed by atoms with E-state index in [0.29, 0.717) is 12.3 Å². The number of aliphatic hydroxyl groups excluding tert-OH is 1. The van der Waals surface area contributed by atoms with E-state index in [-0.39, 0.29) is 18.6 Å². The van der Waals surface area contributed by atoms with E-state index >= 15 is 0 Å². The fraction of sp³-hybridized carbons (Fsp3) is 0.588. The van der Waals surface area contributed by atoms with Gasteiger partial charge in [0.1, 0.15) is 5.75 Å². The highest BCUT2D eigenvalue weighted by Crippen LogP contribution is 2.32. The first kappa shape index (κ1) is 14.4. The van der Waals surface area contributed by atoms with Crippen LogP contribution in [0, 0.1) is 5.92 Å². The van der Waals surface area contributed by atoms with Crippen LogP contribution in [0.15, 0.2) is 18.2 Å². The highest BCUT2D eigenvalue weighted by molar-refractivity contribution is 5.77. The Morgan fingerprint density at radius 1 is 1.38 bits per heavy atom. The summed E-state index contributed by atoms with van der Waals surface area (Å²) in [6.07, 6.45) is 4.47. The number of hydrogen-bond donors (Lipinski definition) is 1. The monoisotopic (exact) mass is 289 g/mol. The predicted octanol–water partition coefficient (Wildman–Crippen LogP) is 1.78. The summed E-state index contributed by atoms with van der Waals surface area (Å²) in [6, 6.07) is 6.24. The van der Waals surface area contributed by atoms with E-state index < -0.39 is 0 Å². The van der Waals surface area contributed by atoms with Crippen molar-refractivity contribution in [3.8, 4) is 5.75 Å². The molecule has 1 aliphatic carbocycles. The van der Waals surface area contributed by atoms with Crippen molar-refractivity contribution in [3.05, 3.63) is 29.3 Å². The number of carbonyl (C=O) groups is 1. The van der Waals surface area contributed by atoms with Gasteiger partial charge in [0, 0.05) is 13.0 Å². The number of ether oxygens (including phenoxy) is 1. The van der Waals surface area contributed by atoms with Crippen molar-refractivity contribution < 1.29 is 14.6 Å². The number of carbonyl (C=O) groups excluding carboxylic acids is 1. The maximum Gasteiger partial charge on any atom is 0.223 e. The van der Waals surface area contributed by atoms with Crippen LogP contribution in [0.2, 0.25) is 0 Å². The summed E-state index contributed by atoms with van der Waals surface area (Å²) >= 11 is 0. The minimum absolute atomic E-state index is 0.0429. The fourth-order valence-electron chi connectivity index (χ4n) is 3.67. The topological polar surface area (TPSA) is 49.8 Å². The van der Waals surface area contributed by atoms with Gasteiger partial charge in [0.2, 0.25) is 5.91 Å². The minimum Gasteiger partial charge on any atom is -0.497 e. The Bertz CT molecular complexity index is 529. The molecule has 1 aromatic carbocycles. The molecule has 0 spiro atoms. The summed E-state index contributed by atoms with van der Waals surface area (Å²) in [6.45, 7) is 0.894. The van der Waals surface area contributed by atoms with Gasteiger partial charge in [-0.05, 0) is 54.9 Å². The van der Waals surface area contributed by atoms with Crippen molar-refractivity contribution in [2.24, 2.45) is 5.92 Å². The Morgan fingerprint density at radius 3 is 2.95 bits per heavy atom. The number of hydrogen-bond acceptors (Lipinski definition) is 3. The average Bonchev–Trinajstić information content (AvgIpc) is 3.11. The van der Waals surface area contributed by atoms with Gasteiger partial charge in [0.05, 0.1) is 19.8 Å². The van der Waals surface area contributed by atoms with E-state index in [1.165, 1.54) is 11.1 Å². The lowest BCUT2D eigenvalue weighted by Gasteiger charge is -2.24. The molecule has 1 heterocycles. The average molecular weight is 289 g/mol. The molecule has 0 aromatic heterocycles. The number of fused-ring (bicyclic) bond motifs is 1. The molecule has 1 saturated heterocycles. The van der Waals surface area contributed by atoms with Gasteiger partial charge in [-0.1, -0.05) is 6.07 Å². The van der Waals surface area contributed by atoms with Crippen molar-refractivity contribution in [1.29, 1.82) is 0 Å². The number of methoxy groups -OCH3 is 1. The molecule has 4 heteroatoms. The van der Waals surface area contributed by atoms with Gasteiger partial charge < -0.3 is 14.7 Å². The Kier molecular flexibility index (Phi) is 4.15. The van der Waals surface area contributed by atoms with Crippen LogP contribution in [0.5, 0.6) is 5.75 Å². The molecular formula is C17H23NO3. The summed E-state index contributed by atoms with van der Waals surface area (Å²) in [5.41, 5.74) is 2.65. The van der Waals surface area contributed by atoms with Crippen molar-refractivity contribution in [1.82, 2.24) is 4.90 Å². The first-order valence-electron chi connectivity index (χ1n) is 7.77. The fourth-order valence-corrected chi connectivity index (χ4v) is 3.67. The number of aliphatic hydroxyl groups is 1. The molecule has 0 saturated carbocycles. The smallest absolute Gasteiger partial charge is 0.223 e. The largest absolute Gasteiger partial charge is 0.497 e. The maximum absolute atomic E-state index is 12.4. The molecule has 114 valence electrons. The Hall–Kier alpha value is -1.55. The zero-order valence-corrected chi connectivity index (χ0v) is 12.5. The van der Waals surface area contributed by atoms with Crippen LogP contribution >= 0.6 is 0 Å². The van der Waals surface area contributed by atoms with Crippen LogP contribution in [0.4, 0.5) is 0 Å². The highest BCUT2D eigenvalue weighted by Gasteiger charge is 2.31. The Morgan fingerprint density at radius 2 is 2.19 bits per heavy atom. The van der Waals surface area contributed by atoms with E-state index in [4.69, 9.17) is 4.74 Å². The van der Waals surface area contributed by atoms with Crippen LogP contribution in [0.1, 0.15) is 30.4 Å². The number of benzene rings is 1. The summed E-state index contributed by atoms with van der Waals surface area (Å²) in [5, 5.41) is 9.34.